The van der Waals surface area contributed by atoms with Crippen molar-refractivity contribution in [1.29, 1.82) is 0 Å². The minimum Gasteiger partial charge on any atom is -0.497 e. The molecule has 2 aromatic rings. The second-order valence-electron chi connectivity index (χ2n) is 8.07. The fourth-order valence-electron chi connectivity index (χ4n) is 3.57. The highest BCUT2D eigenvalue weighted by Gasteiger charge is 2.19. The number of nitrogens with one attached hydrogen (secondary N) is 1. The summed E-state index contributed by atoms with van der Waals surface area (Å²) >= 11 is 0. The van der Waals surface area contributed by atoms with Gasteiger partial charge >= 0.3 is 0 Å². The Kier molecular flexibility index (Phi) is 7.67. The smallest absolute Gasteiger partial charge is 0.234 e. The Bertz CT molecular complexity index is 764. The van der Waals surface area contributed by atoms with E-state index in [1.807, 2.05) is 24.3 Å². The van der Waals surface area contributed by atoms with Crippen molar-refractivity contribution in [3.8, 4) is 5.75 Å². The van der Waals surface area contributed by atoms with Gasteiger partial charge in [0.1, 0.15) is 5.75 Å². The van der Waals surface area contributed by atoms with E-state index < -0.39 is 0 Å². The molecule has 1 amide bonds. The van der Waals surface area contributed by atoms with Gasteiger partial charge in [0.25, 0.3) is 0 Å². The maximum Gasteiger partial charge on any atom is 0.234 e. The number of carbonyl (C=O) groups excluding carboxylic acids is 1. The summed E-state index contributed by atoms with van der Waals surface area (Å²) in [5, 5.41) is 3.01. The van der Waals surface area contributed by atoms with Crippen molar-refractivity contribution in [1.82, 2.24) is 15.1 Å². The lowest BCUT2D eigenvalue weighted by Gasteiger charge is -2.34. The zero-order valence-electron chi connectivity index (χ0n) is 17.9. The van der Waals surface area contributed by atoms with Crippen LogP contribution in [0, 0.1) is 0 Å². The summed E-state index contributed by atoms with van der Waals surface area (Å²) in [5.41, 5.74) is 3.83. The van der Waals surface area contributed by atoms with Crippen LogP contribution in [0.5, 0.6) is 5.75 Å². The molecule has 29 heavy (non-hydrogen) atoms. The molecule has 156 valence electrons. The lowest BCUT2D eigenvalue weighted by Crippen LogP contribution is -2.49. The summed E-state index contributed by atoms with van der Waals surface area (Å²) in [5.74, 6) is 1.48. The first kappa shape index (κ1) is 21.3. The largest absolute Gasteiger partial charge is 0.497 e. The summed E-state index contributed by atoms with van der Waals surface area (Å²) < 4.78 is 5.16. The highest BCUT2D eigenvalue weighted by Crippen LogP contribution is 2.16. The van der Waals surface area contributed by atoms with Gasteiger partial charge in [-0.3, -0.25) is 14.6 Å². The standard InChI is InChI=1S/C24H33N3O2/c1-19(2)22-8-4-21(5-9-22)17-26-12-14-27(15-13-26)18-24(28)25-16-20-6-10-23(29-3)11-7-20/h4-11,19H,12-18H2,1-3H3,(H,25,28). The SMILES string of the molecule is COc1ccc(CNC(=O)CN2CCN(Cc3ccc(C(C)C)cc3)CC2)cc1. The van der Waals surface area contributed by atoms with Crippen molar-refractivity contribution in [3.05, 3.63) is 65.2 Å². The second kappa shape index (κ2) is 10.4. The van der Waals surface area contributed by atoms with Gasteiger partial charge in [0.05, 0.1) is 13.7 Å². The minimum atomic E-state index is 0.0820. The zero-order chi connectivity index (χ0) is 20.6. The van der Waals surface area contributed by atoms with E-state index in [0.717, 1.165) is 44.0 Å². The molecule has 0 bridgehead atoms. The lowest BCUT2D eigenvalue weighted by atomic mass is 10.0. The van der Waals surface area contributed by atoms with E-state index in [9.17, 15) is 4.79 Å². The Morgan fingerprint density at radius 2 is 1.52 bits per heavy atom. The third kappa shape index (κ3) is 6.58. The van der Waals surface area contributed by atoms with Crippen LogP contribution in [0.4, 0.5) is 0 Å². The number of amides is 1. The number of piperazine rings is 1. The molecule has 0 radical (unpaired) electrons. The maximum atomic E-state index is 12.3. The molecule has 1 aliphatic heterocycles. The first-order valence-electron chi connectivity index (χ1n) is 10.5. The Labute approximate surface area is 174 Å². The highest BCUT2D eigenvalue weighted by molar-refractivity contribution is 5.78. The Balaban J connectivity index is 1.37. The van der Waals surface area contributed by atoms with Gasteiger partial charge in [-0.1, -0.05) is 50.2 Å². The maximum absolute atomic E-state index is 12.3. The van der Waals surface area contributed by atoms with Crippen molar-refractivity contribution >= 4 is 5.91 Å². The van der Waals surface area contributed by atoms with Crippen LogP contribution in [-0.2, 0) is 17.9 Å². The Hall–Kier alpha value is -2.37. The van der Waals surface area contributed by atoms with Gasteiger partial charge in [-0.05, 0) is 34.7 Å². The molecule has 1 saturated heterocycles. The minimum absolute atomic E-state index is 0.0820. The molecule has 0 unspecified atom stereocenters. The molecule has 1 aliphatic rings. The quantitative estimate of drug-likeness (QED) is 0.745. The zero-order valence-corrected chi connectivity index (χ0v) is 17.9. The molecule has 1 fully saturated rings. The van der Waals surface area contributed by atoms with Crippen molar-refractivity contribution < 1.29 is 9.53 Å². The summed E-state index contributed by atoms with van der Waals surface area (Å²) in [6, 6.07) is 16.8. The molecule has 0 atom stereocenters. The highest BCUT2D eigenvalue weighted by atomic mass is 16.5. The number of nitrogens with zero attached hydrogens (tertiary/aromatic N) is 2. The molecule has 2 aromatic carbocycles. The normalized spacial score (nSPS) is 15.4. The van der Waals surface area contributed by atoms with Gasteiger partial charge in [-0.25, -0.2) is 0 Å². The number of rotatable bonds is 8. The third-order valence-corrected chi connectivity index (χ3v) is 5.53. The number of carbonyl (C=O) groups is 1. The van der Waals surface area contributed by atoms with E-state index >= 15 is 0 Å². The molecular weight excluding hydrogens is 362 g/mol. The predicted molar refractivity (Wildman–Crippen MR) is 117 cm³/mol. The van der Waals surface area contributed by atoms with Crippen LogP contribution >= 0.6 is 0 Å². The van der Waals surface area contributed by atoms with Crippen LogP contribution in [0.2, 0.25) is 0 Å². The molecule has 5 heteroatoms. The number of hydrogen-bond acceptors (Lipinski definition) is 4. The van der Waals surface area contributed by atoms with Crippen LogP contribution in [0.3, 0.4) is 0 Å². The van der Waals surface area contributed by atoms with Crippen LogP contribution < -0.4 is 10.1 Å². The fraction of sp³-hybridized carbons (Fsp3) is 0.458. The van der Waals surface area contributed by atoms with Crippen molar-refractivity contribution in [2.75, 3.05) is 39.8 Å². The molecule has 1 heterocycles. The number of ether oxygens (including phenoxy) is 1. The molecule has 0 saturated carbocycles. The van der Waals surface area contributed by atoms with Crippen LogP contribution in [0.25, 0.3) is 0 Å². The summed E-state index contributed by atoms with van der Waals surface area (Å²) in [7, 11) is 1.65. The van der Waals surface area contributed by atoms with E-state index in [1.54, 1.807) is 7.11 Å². The van der Waals surface area contributed by atoms with E-state index in [-0.39, 0.29) is 5.91 Å². The van der Waals surface area contributed by atoms with Crippen molar-refractivity contribution in [2.45, 2.75) is 32.9 Å². The monoisotopic (exact) mass is 395 g/mol. The summed E-state index contributed by atoms with van der Waals surface area (Å²) in [6.45, 7) is 10.3. The van der Waals surface area contributed by atoms with Crippen LogP contribution in [0.15, 0.2) is 48.5 Å². The second-order valence-corrected chi connectivity index (χ2v) is 8.07. The van der Waals surface area contributed by atoms with E-state index in [4.69, 9.17) is 4.74 Å². The summed E-state index contributed by atoms with van der Waals surface area (Å²) in [6.07, 6.45) is 0. The Morgan fingerprint density at radius 1 is 0.931 bits per heavy atom. The summed E-state index contributed by atoms with van der Waals surface area (Å²) in [4.78, 5) is 17.0. The molecular formula is C24H33N3O2. The first-order chi connectivity index (χ1) is 14.0. The van der Waals surface area contributed by atoms with E-state index in [2.05, 4.69) is 53.2 Å². The molecule has 5 nitrogen and oxygen atoms in total. The van der Waals surface area contributed by atoms with Crippen LogP contribution in [-0.4, -0.2) is 55.5 Å². The van der Waals surface area contributed by atoms with Gasteiger partial charge in [-0.15, -0.1) is 0 Å². The van der Waals surface area contributed by atoms with Crippen LogP contribution in [0.1, 0.15) is 36.5 Å². The van der Waals surface area contributed by atoms with Gasteiger partial charge in [-0.2, -0.15) is 0 Å². The van der Waals surface area contributed by atoms with Crippen molar-refractivity contribution in [2.24, 2.45) is 0 Å². The predicted octanol–water partition coefficient (Wildman–Crippen LogP) is 3.25. The topological polar surface area (TPSA) is 44.8 Å². The Morgan fingerprint density at radius 3 is 2.10 bits per heavy atom. The van der Waals surface area contributed by atoms with Gasteiger partial charge < -0.3 is 10.1 Å². The average Bonchev–Trinajstić information content (AvgIpc) is 2.74. The third-order valence-electron chi connectivity index (χ3n) is 5.53. The van der Waals surface area contributed by atoms with Gasteiger partial charge in [0.2, 0.25) is 5.91 Å². The number of benzene rings is 2. The molecule has 3 rings (SSSR count). The number of methoxy groups -OCH3 is 1. The molecule has 0 aromatic heterocycles. The molecule has 1 N–H and O–H groups in total. The number of hydrogen-bond donors (Lipinski definition) is 1. The fourth-order valence-corrected chi connectivity index (χ4v) is 3.57. The average molecular weight is 396 g/mol. The van der Waals surface area contributed by atoms with Gasteiger partial charge in [0, 0.05) is 39.3 Å². The molecule has 0 spiro atoms. The van der Waals surface area contributed by atoms with E-state index in [0.29, 0.717) is 19.0 Å². The molecule has 0 aliphatic carbocycles. The van der Waals surface area contributed by atoms with Gasteiger partial charge in [0.15, 0.2) is 0 Å². The first-order valence-corrected chi connectivity index (χ1v) is 10.5. The van der Waals surface area contributed by atoms with Crippen molar-refractivity contribution in [3.63, 3.8) is 0 Å². The lowest BCUT2D eigenvalue weighted by molar-refractivity contribution is -0.122. The van der Waals surface area contributed by atoms with E-state index in [1.165, 1.54) is 11.1 Å².